The number of rotatable bonds is 5. The molecule has 4 nitrogen and oxygen atoms in total. The van der Waals surface area contributed by atoms with Crippen LogP contribution >= 0.6 is 22.6 Å². The smallest absolute Gasteiger partial charge is 0.139 e. The highest BCUT2D eigenvalue weighted by molar-refractivity contribution is 14.1. The van der Waals surface area contributed by atoms with Gasteiger partial charge in [0.15, 0.2) is 0 Å². The van der Waals surface area contributed by atoms with Gasteiger partial charge < -0.3 is 16.3 Å². The summed E-state index contributed by atoms with van der Waals surface area (Å²) in [5.74, 6) is 0.326. The van der Waals surface area contributed by atoms with Crippen molar-refractivity contribution in [3.63, 3.8) is 0 Å². The molecule has 0 aliphatic heterocycles. The Balaban J connectivity index is 1.88. The number of hydrogen-bond donors (Lipinski definition) is 3. The number of hydrogen-bond acceptors (Lipinski definition) is 3. The summed E-state index contributed by atoms with van der Waals surface area (Å²) in [5.41, 5.74) is 6.87. The van der Waals surface area contributed by atoms with E-state index in [1.807, 2.05) is 0 Å². The van der Waals surface area contributed by atoms with Crippen molar-refractivity contribution in [2.24, 2.45) is 16.3 Å². The highest BCUT2D eigenvalue weighted by atomic mass is 127. The van der Waals surface area contributed by atoms with E-state index < -0.39 is 0 Å². The van der Waals surface area contributed by atoms with Gasteiger partial charge in [-0.25, -0.2) is 0 Å². The molecule has 0 atom stereocenters. The molecule has 2 rings (SSSR count). The molecular weight excluding hydrogens is 329 g/mol. The van der Waals surface area contributed by atoms with Crippen LogP contribution in [-0.4, -0.2) is 17.6 Å². The molecular formula is C12H16IN3O. The number of oxime groups is 1. The quantitative estimate of drug-likeness (QED) is 0.253. The molecule has 1 aliphatic carbocycles. The normalized spacial score (nSPS) is 17.8. The predicted molar refractivity (Wildman–Crippen MR) is 77.3 cm³/mol. The molecule has 17 heavy (non-hydrogen) atoms. The summed E-state index contributed by atoms with van der Waals surface area (Å²) in [5, 5.41) is 15.0. The van der Waals surface area contributed by atoms with Crippen molar-refractivity contribution in [2.75, 3.05) is 11.9 Å². The Hall–Kier alpha value is -0.980. The van der Waals surface area contributed by atoms with E-state index in [0.29, 0.717) is 12.3 Å². The Morgan fingerprint density at radius 2 is 2.06 bits per heavy atom. The van der Waals surface area contributed by atoms with Crippen LogP contribution in [0.5, 0.6) is 0 Å². The molecule has 0 radical (unpaired) electrons. The minimum atomic E-state index is 0.194. The number of nitrogens with two attached hydrogens (primary N) is 1. The number of anilines is 1. The second kappa shape index (κ2) is 5.12. The molecule has 0 bridgehead atoms. The lowest BCUT2D eigenvalue weighted by molar-refractivity contribution is 0.315. The fraction of sp³-hybridized carbons (Fsp3) is 0.417. The summed E-state index contributed by atoms with van der Waals surface area (Å²) in [7, 11) is 0. The molecule has 0 saturated heterocycles. The summed E-state index contributed by atoms with van der Waals surface area (Å²) >= 11 is 2.29. The molecule has 1 saturated carbocycles. The van der Waals surface area contributed by atoms with Crippen LogP contribution in [0.15, 0.2) is 29.4 Å². The first-order valence-corrected chi connectivity index (χ1v) is 6.67. The zero-order valence-electron chi connectivity index (χ0n) is 9.49. The van der Waals surface area contributed by atoms with Gasteiger partial charge in [0.05, 0.1) is 0 Å². The van der Waals surface area contributed by atoms with Gasteiger partial charge in [-0.1, -0.05) is 5.16 Å². The van der Waals surface area contributed by atoms with Crippen LogP contribution in [0.2, 0.25) is 0 Å². The van der Waals surface area contributed by atoms with Gasteiger partial charge in [0, 0.05) is 22.2 Å². The molecule has 0 aromatic heterocycles. The molecule has 92 valence electrons. The summed E-state index contributed by atoms with van der Waals surface area (Å²) in [6.45, 7) is 0.879. The second-order valence-corrected chi connectivity index (χ2v) is 5.87. The largest absolute Gasteiger partial charge is 0.409 e. The fourth-order valence-corrected chi connectivity index (χ4v) is 2.23. The van der Waals surface area contributed by atoms with E-state index >= 15 is 0 Å². The van der Waals surface area contributed by atoms with Gasteiger partial charge >= 0.3 is 0 Å². The highest BCUT2D eigenvalue weighted by Crippen LogP contribution is 2.48. The van der Waals surface area contributed by atoms with Crippen molar-refractivity contribution in [2.45, 2.75) is 19.3 Å². The molecule has 0 unspecified atom stereocenters. The standard InChI is InChI=1S/C12H16IN3O/c13-9-1-3-10(4-2-9)15-8-12(5-6-12)7-11(14)16-17/h1-4,15,17H,5-8H2,(H2,14,16). The lowest BCUT2D eigenvalue weighted by atomic mass is 10.0. The summed E-state index contributed by atoms with van der Waals surface area (Å²) in [6.07, 6.45) is 2.95. The van der Waals surface area contributed by atoms with Crippen molar-refractivity contribution < 1.29 is 5.21 Å². The van der Waals surface area contributed by atoms with E-state index in [4.69, 9.17) is 10.9 Å². The first kappa shape index (κ1) is 12.5. The van der Waals surface area contributed by atoms with Crippen LogP contribution in [0.3, 0.4) is 0 Å². The molecule has 1 aliphatic rings. The van der Waals surface area contributed by atoms with Gasteiger partial charge in [0.1, 0.15) is 5.84 Å². The van der Waals surface area contributed by atoms with Gasteiger partial charge in [0.25, 0.3) is 0 Å². The van der Waals surface area contributed by atoms with E-state index in [1.54, 1.807) is 0 Å². The molecule has 0 amide bonds. The number of nitrogens with zero attached hydrogens (tertiary/aromatic N) is 1. The van der Waals surface area contributed by atoms with Gasteiger partial charge in [-0.15, -0.1) is 0 Å². The van der Waals surface area contributed by atoms with Crippen molar-refractivity contribution in [1.29, 1.82) is 0 Å². The molecule has 1 aromatic rings. The second-order valence-electron chi connectivity index (χ2n) is 4.63. The molecule has 1 aromatic carbocycles. The molecule has 4 N–H and O–H groups in total. The third-order valence-corrected chi connectivity index (χ3v) is 3.87. The Bertz CT molecular complexity index is 412. The molecule has 1 fully saturated rings. The maximum atomic E-state index is 8.58. The number of nitrogens with one attached hydrogen (secondary N) is 1. The molecule has 0 heterocycles. The third kappa shape index (κ3) is 3.49. The predicted octanol–water partition coefficient (Wildman–Crippen LogP) is 2.62. The monoisotopic (exact) mass is 345 g/mol. The van der Waals surface area contributed by atoms with Crippen molar-refractivity contribution in [1.82, 2.24) is 0 Å². The van der Waals surface area contributed by atoms with Crippen molar-refractivity contribution in [3.8, 4) is 0 Å². The third-order valence-electron chi connectivity index (χ3n) is 3.15. The number of amidine groups is 1. The zero-order valence-corrected chi connectivity index (χ0v) is 11.6. The van der Waals surface area contributed by atoms with Crippen LogP contribution in [-0.2, 0) is 0 Å². The van der Waals surface area contributed by atoms with Gasteiger partial charge in [-0.3, -0.25) is 0 Å². The average molecular weight is 345 g/mol. The van der Waals surface area contributed by atoms with E-state index in [9.17, 15) is 0 Å². The first-order chi connectivity index (χ1) is 8.13. The average Bonchev–Trinajstić information content (AvgIpc) is 3.09. The van der Waals surface area contributed by atoms with Crippen molar-refractivity contribution >= 4 is 34.1 Å². The lowest BCUT2D eigenvalue weighted by Gasteiger charge is -2.16. The zero-order chi connectivity index (χ0) is 12.3. The summed E-state index contributed by atoms with van der Waals surface area (Å²) in [6, 6.07) is 8.29. The minimum Gasteiger partial charge on any atom is -0.409 e. The van der Waals surface area contributed by atoms with E-state index in [1.165, 1.54) is 3.57 Å². The minimum absolute atomic E-state index is 0.194. The van der Waals surface area contributed by atoms with Crippen LogP contribution in [0, 0.1) is 8.99 Å². The SMILES string of the molecule is NC(CC1(CNc2ccc(I)cc2)CC1)=NO. The van der Waals surface area contributed by atoms with E-state index in [0.717, 1.165) is 25.1 Å². The maximum absolute atomic E-state index is 8.58. The van der Waals surface area contributed by atoms with E-state index in [-0.39, 0.29) is 5.41 Å². The molecule has 5 heteroatoms. The van der Waals surface area contributed by atoms with Crippen LogP contribution in [0.4, 0.5) is 5.69 Å². The number of halogens is 1. The van der Waals surface area contributed by atoms with E-state index in [2.05, 4.69) is 57.3 Å². The lowest BCUT2D eigenvalue weighted by Crippen LogP contribution is -2.23. The summed E-state index contributed by atoms with van der Waals surface area (Å²) in [4.78, 5) is 0. The van der Waals surface area contributed by atoms with Crippen LogP contribution in [0.25, 0.3) is 0 Å². The maximum Gasteiger partial charge on any atom is 0.139 e. The Morgan fingerprint density at radius 3 is 2.59 bits per heavy atom. The summed E-state index contributed by atoms with van der Waals surface area (Å²) < 4.78 is 1.23. The number of benzene rings is 1. The van der Waals surface area contributed by atoms with Crippen molar-refractivity contribution in [3.05, 3.63) is 27.8 Å². The Kier molecular flexibility index (Phi) is 3.76. The van der Waals surface area contributed by atoms with Crippen LogP contribution in [0.1, 0.15) is 19.3 Å². The Labute approximate surface area is 114 Å². The van der Waals surface area contributed by atoms with Gasteiger partial charge in [0.2, 0.25) is 0 Å². The first-order valence-electron chi connectivity index (χ1n) is 5.59. The van der Waals surface area contributed by atoms with Gasteiger partial charge in [-0.05, 0) is 65.1 Å². The topological polar surface area (TPSA) is 70.6 Å². The highest BCUT2D eigenvalue weighted by Gasteiger charge is 2.43. The fourth-order valence-electron chi connectivity index (χ4n) is 1.87. The van der Waals surface area contributed by atoms with Gasteiger partial charge in [-0.2, -0.15) is 0 Å². The Morgan fingerprint density at radius 1 is 1.41 bits per heavy atom. The van der Waals surface area contributed by atoms with Crippen LogP contribution < -0.4 is 11.1 Å². The molecule has 0 spiro atoms.